The van der Waals surface area contributed by atoms with Crippen LogP contribution in [-0.2, 0) is 9.59 Å². The molecule has 0 aliphatic rings. The number of carboxylic acids is 3. The van der Waals surface area contributed by atoms with Gasteiger partial charge in [0.1, 0.15) is 11.4 Å². The molecular formula is C25H28N2O7Si. The number of nitrogens with zero attached hydrogens (tertiary/aromatic N) is 2. The molecule has 0 saturated carbocycles. The van der Waals surface area contributed by atoms with Gasteiger partial charge in [-0.3, -0.25) is 9.59 Å². The average molecular weight is 497 g/mol. The summed E-state index contributed by atoms with van der Waals surface area (Å²) >= 11 is 0. The zero-order chi connectivity index (χ0) is 26.3. The number of phenolic OH excluding ortho intramolecular Hbond substituents is 1. The second-order valence-electron chi connectivity index (χ2n) is 8.81. The number of fused-ring (bicyclic) bond motifs is 1. The molecule has 0 bridgehead atoms. The summed E-state index contributed by atoms with van der Waals surface area (Å²) in [4.78, 5) is 30.9. The predicted octanol–water partition coefficient (Wildman–Crippen LogP) is 5.39. The Labute approximate surface area is 203 Å². The topological polar surface area (TPSA) is 157 Å². The van der Waals surface area contributed by atoms with Gasteiger partial charge in [-0.05, 0) is 42.1 Å². The van der Waals surface area contributed by atoms with Crippen LogP contribution in [0.2, 0.25) is 19.6 Å². The zero-order valence-corrected chi connectivity index (χ0v) is 20.9. The quantitative estimate of drug-likeness (QED) is 0.194. The van der Waals surface area contributed by atoms with Crippen molar-refractivity contribution in [2.45, 2.75) is 33.0 Å². The number of aromatic carboxylic acids is 1. The molecule has 3 aromatic rings. The van der Waals surface area contributed by atoms with Crippen LogP contribution in [0.5, 0.6) is 5.75 Å². The number of benzene rings is 3. The fraction of sp³-hybridized carbons (Fsp3) is 0.240. The second kappa shape index (κ2) is 11.4. The Balaban J connectivity index is 0.000000410. The van der Waals surface area contributed by atoms with Crippen LogP contribution in [-0.4, -0.2) is 46.4 Å². The summed E-state index contributed by atoms with van der Waals surface area (Å²) in [6, 6.07) is 15.8. The van der Waals surface area contributed by atoms with E-state index in [9.17, 15) is 19.5 Å². The van der Waals surface area contributed by atoms with Crippen molar-refractivity contribution >= 4 is 53.3 Å². The van der Waals surface area contributed by atoms with Crippen molar-refractivity contribution in [2.75, 3.05) is 0 Å². The Morgan fingerprint density at radius 1 is 0.857 bits per heavy atom. The molecule has 35 heavy (non-hydrogen) atoms. The van der Waals surface area contributed by atoms with E-state index >= 15 is 0 Å². The highest BCUT2D eigenvalue weighted by atomic mass is 28.3. The lowest BCUT2D eigenvalue weighted by molar-refractivity contribution is -0.154. The highest BCUT2D eigenvalue weighted by Crippen LogP contribution is 2.36. The summed E-state index contributed by atoms with van der Waals surface area (Å²) in [5.41, 5.74) is 1.12. The minimum atomic E-state index is -1.43. The number of rotatable bonds is 7. The van der Waals surface area contributed by atoms with Gasteiger partial charge in [0, 0.05) is 5.39 Å². The fourth-order valence-corrected chi connectivity index (χ4v) is 4.28. The minimum absolute atomic E-state index is 0.0594. The molecule has 0 amide bonds. The van der Waals surface area contributed by atoms with Gasteiger partial charge in [0.05, 0.1) is 19.3 Å². The lowest BCUT2D eigenvalue weighted by Crippen LogP contribution is -2.37. The van der Waals surface area contributed by atoms with E-state index < -0.39 is 31.9 Å². The van der Waals surface area contributed by atoms with Crippen molar-refractivity contribution < 1.29 is 34.8 Å². The van der Waals surface area contributed by atoms with E-state index in [4.69, 9.17) is 15.3 Å². The third-order valence-corrected chi connectivity index (χ3v) is 7.26. The van der Waals surface area contributed by atoms with Gasteiger partial charge in [0.2, 0.25) is 0 Å². The first-order valence-corrected chi connectivity index (χ1v) is 14.3. The van der Waals surface area contributed by atoms with Gasteiger partial charge in [-0.15, -0.1) is 5.11 Å². The summed E-state index contributed by atoms with van der Waals surface area (Å²) in [7, 11) is -1.43. The monoisotopic (exact) mass is 496 g/mol. The molecular weight excluding hydrogens is 468 g/mol. The van der Waals surface area contributed by atoms with Crippen molar-refractivity contribution in [1.82, 2.24) is 0 Å². The molecule has 0 aliphatic carbocycles. The van der Waals surface area contributed by atoms with Crippen LogP contribution in [0, 0.1) is 5.92 Å². The molecule has 9 nitrogen and oxygen atoms in total. The normalized spacial score (nSPS) is 11.3. The summed E-state index contributed by atoms with van der Waals surface area (Å²) in [6.45, 7) is 8.38. The van der Waals surface area contributed by atoms with Gasteiger partial charge in [0.15, 0.2) is 5.92 Å². The summed E-state index contributed by atoms with van der Waals surface area (Å²) < 4.78 is 0. The van der Waals surface area contributed by atoms with Crippen molar-refractivity contribution in [1.29, 1.82) is 0 Å². The maximum Gasteiger partial charge on any atom is 0.335 e. The smallest absolute Gasteiger partial charge is 0.335 e. The van der Waals surface area contributed by atoms with Crippen molar-refractivity contribution in [2.24, 2.45) is 16.1 Å². The van der Waals surface area contributed by atoms with Crippen LogP contribution in [0.15, 0.2) is 64.8 Å². The molecule has 10 heteroatoms. The van der Waals surface area contributed by atoms with Crippen LogP contribution in [0.3, 0.4) is 0 Å². The molecule has 0 atom stereocenters. The number of carboxylic acid groups (broad SMARTS) is 3. The van der Waals surface area contributed by atoms with Crippen LogP contribution in [0.4, 0.5) is 11.4 Å². The minimum Gasteiger partial charge on any atom is -0.506 e. The first-order chi connectivity index (χ1) is 16.3. The van der Waals surface area contributed by atoms with E-state index in [1.54, 1.807) is 18.2 Å². The SMILES string of the molecule is CCC(C(=O)O)C(=O)O.C[Si](C)(C)c1ccc2c(/N=N/c3ccc(C(=O)O)cc3)c(O)ccc2c1. The average Bonchev–Trinajstić information content (AvgIpc) is 2.78. The lowest BCUT2D eigenvalue weighted by atomic mass is 10.1. The van der Waals surface area contributed by atoms with E-state index in [0.717, 1.165) is 10.8 Å². The van der Waals surface area contributed by atoms with E-state index in [1.807, 2.05) is 12.1 Å². The highest BCUT2D eigenvalue weighted by Gasteiger charge is 2.22. The fourth-order valence-electron chi connectivity index (χ4n) is 3.11. The summed E-state index contributed by atoms with van der Waals surface area (Å²) in [5.74, 6) is -4.72. The molecule has 0 saturated heterocycles. The number of aromatic hydroxyl groups is 1. The van der Waals surface area contributed by atoms with E-state index in [1.165, 1.54) is 24.2 Å². The highest BCUT2D eigenvalue weighted by molar-refractivity contribution is 6.88. The molecule has 0 heterocycles. The van der Waals surface area contributed by atoms with Gasteiger partial charge in [-0.1, -0.05) is 56.0 Å². The maximum absolute atomic E-state index is 10.9. The zero-order valence-electron chi connectivity index (χ0n) is 19.9. The van der Waals surface area contributed by atoms with E-state index in [-0.39, 0.29) is 17.7 Å². The number of azo groups is 1. The number of phenols is 1. The lowest BCUT2D eigenvalue weighted by Gasteiger charge is -2.17. The molecule has 184 valence electrons. The Morgan fingerprint density at radius 2 is 1.46 bits per heavy atom. The third-order valence-electron chi connectivity index (χ3n) is 5.22. The Kier molecular flexibility index (Phi) is 8.85. The third kappa shape index (κ3) is 7.21. The van der Waals surface area contributed by atoms with E-state index in [0.29, 0.717) is 11.4 Å². The van der Waals surface area contributed by atoms with Gasteiger partial charge in [-0.2, -0.15) is 5.11 Å². The molecule has 4 N–H and O–H groups in total. The molecule has 0 fully saturated rings. The first-order valence-electron chi connectivity index (χ1n) is 10.8. The van der Waals surface area contributed by atoms with Gasteiger partial charge >= 0.3 is 17.9 Å². The van der Waals surface area contributed by atoms with Crippen molar-refractivity contribution in [3.8, 4) is 5.75 Å². The molecule has 3 aromatic carbocycles. The van der Waals surface area contributed by atoms with Crippen LogP contribution in [0.1, 0.15) is 23.7 Å². The molecule has 0 aromatic heterocycles. The van der Waals surface area contributed by atoms with Crippen LogP contribution in [0.25, 0.3) is 10.8 Å². The van der Waals surface area contributed by atoms with Gasteiger partial charge < -0.3 is 20.4 Å². The number of hydrogen-bond acceptors (Lipinski definition) is 6. The first kappa shape index (κ1) is 27.2. The van der Waals surface area contributed by atoms with Crippen LogP contribution < -0.4 is 5.19 Å². The Bertz CT molecular complexity index is 1250. The maximum atomic E-state index is 10.9. The Morgan fingerprint density at radius 3 is 1.91 bits per heavy atom. The predicted molar refractivity (Wildman–Crippen MR) is 135 cm³/mol. The molecule has 0 spiro atoms. The number of carbonyl (C=O) groups is 3. The van der Waals surface area contributed by atoms with Gasteiger partial charge in [-0.25, -0.2) is 4.79 Å². The van der Waals surface area contributed by atoms with Gasteiger partial charge in [0.25, 0.3) is 0 Å². The Hall–Kier alpha value is -4.05. The van der Waals surface area contributed by atoms with E-state index in [2.05, 4.69) is 42.0 Å². The summed E-state index contributed by atoms with van der Waals surface area (Å²) in [5, 5.41) is 47.0. The summed E-state index contributed by atoms with van der Waals surface area (Å²) in [6.07, 6.45) is 0.130. The molecule has 3 rings (SSSR count). The largest absolute Gasteiger partial charge is 0.506 e. The van der Waals surface area contributed by atoms with Crippen molar-refractivity contribution in [3.05, 3.63) is 60.2 Å². The molecule has 0 radical (unpaired) electrons. The van der Waals surface area contributed by atoms with Crippen LogP contribution >= 0.6 is 0 Å². The number of hydrogen-bond donors (Lipinski definition) is 4. The standard InChI is InChI=1S/C20H20N2O3Si.C5H8O4/c1-26(2,3)16-9-10-17-14(12-16)6-11-18(23)19(17)22-21-15-7-4-13(5-8-15)20(24)25;1-2-3(4(6)7)5(8)9/h4-12,23H,1-3H3,(H,24,25);3H,2H2,1H3,(H,6,7)(H,8,9)/b22-21+;. The second-order valence-corrected chi connectivity index (χ2v) is 13.9. The molecule has 0 unspecified atom stereocenters. The molecule has 0 aliphatic heterocycles. The number of aliphatic carboxylic acids is 2. The van der Waals surface area contributed by atoms with Crippen molar-refractivity contribution in [3.63, 3.8) is 0 Å².